The van der Waals surface area contributed by atoms with Gasteiger partial charge in [-0.05, 0) is 13.0 Å². The molecule has 0 aromatic carbocycles. The van der Waals surface area contributed by atoms with Gasteiger partial charge < -0.3 is 9.15 Å². The highest BCUT2D eigenvalue weighted by atomic mass is 19.4. The minimum atomic E-state index is -5.20. The number of rotatable bonds is 3. The van der Waals surface area contributed by atoms with Gasteiger partial charge in [-0.3, -0.25) is 0 Å². The molecular formula is C13H8F5NO4. The lowest BCUT2D eigenvalue weighted by molar-refractivity contribution is -0.141. The number of fused-ring (bicyclic) bond motifs is 1. The van der Waals surface area contributed by atoms with E-state index in [9.17, 15) is 31.5 Å². The largest absolute Gasteiger partial charge is 0.462 e. The van der Waals surface area contributed by atoms with Crippen molar-refractivity contribution in [2.24, 2.45) is 0 Å². The number of aromatic nitrogens is 1. The molecule has 10 heteroatoms. The predicted molar refractivity (Wildman–Crippen MR) is 66.2 cm³/mol. The molecule has 0 aliphatic carbocycles. The molecule has 0 fully saturated rings. The molecule has 0 spiro atoms. The lowest BCUT2D eigenvalue weighted by Gasteiger charge is -2.15. The molecule has 0 amide bonds. The third-order valence-corrected chi connectivity index (χ3v) is 2.83. The SMILES string of the molecule is CCOC(=O)c1c(C(F)(F)F)nc(C(F)F)c2c(=O)occc12. The van der Waals surface area contributed by atoms with Crippen molar-refractivity contribution in [1.29, 1.82) is 0 Å². The summed E-state index contributed by atoms with van der Waals surface area (Å²) in [6.45, 7) is 1.10. The zero-order valence-corrected chi connectivity index (χ0v) is 11.4. The fourth-order valence-corrected chi connectivity index (χ4v) is 2.00. The van der Waals surface area contributed by atoms with Crippen molar-refractivity contribution in [3.8, 4) is 0 Å². The first-order valence-corrected chi connectivity index (χ1v) is 6.16. The number of pyridine rings is 1. The van der Waals surface area contributed by atoms with Gasteiger partial charge in [0.05, 0.1) is 23.8 Å². The van der Waals surface area contributed by atoms with Gasteiger partial charge in [-0.1, -0.05) is 0 Å². The number of alkyl halides is 5. The van der Waals surface area contributed by atoms with Crippen molar-refractivity contribution in [3.05, 3.63) is 39.7 Å². The van der Waals surface area contributed by atoms with Crippen molar-refractivity contribution in [3.63, 3.8) is 0 Å². The molecule has 2 heterocycles. The Labute approximate surface area is 124 Å². The van der Waals surface area contributed by atoms with E-state index in [4.69, 9.17) is 0 Å². The average molecular weight is 337 g/mol. The van der Waals surface area contributed by atoms with Crippen LogP contribution in [0.25, 0.3) is 10.8 Å². The third-order valence-electron chi connectivity index (χ3n) is 2.83. The Morgan fingerprint density at radius 1 is 1.39 bits per heavy atom. The summed E-state index contributed by atoms with van der Waals surface area (Å²) >= 11 is 0. The Morgan fingerprint density at radius 3 is 2.57 bits per heavy atom. The quantitative estimate of drug-likeness (QED) is 0.635. The van der Waals surface area contributed by atoms with Gasteiger partial charge in [0.25, 0.3) is 6.43 Å². The number of carbonyl (C=O) groups is 1. The molecule has 0 bridgehead atoms. The first-order chi connectivity index (χ1) is 10.7. The standard InChI is InChI=1S/C13H8F5NO4/c1-2-22-12(21)7-5-3-4-23-11(20)6(5)8(10(14)15)19-9(7)13(16,17)18/h3-4,10H,2H2,1H3. The van der Waals surface area contributed by atoms with Crippen molar-refractivity contribution in [1.82, 2.24) is 4.98 Å². The Bertz CT molecular complexity index is 812. The Balaban J connectivity index is 3.01. The van der Waals surface area contributed by atoms with E-state index >= 15 is 0 Å². The highest BCUT2D eigenvalue weighted by Crippen LogP contribution is 2.36. The zero-order valence-electron chi connectivity index (χ0n) is 11.4. The molecule has 0 aliphatic rings. The molecule has 23 heavy (non-hydrogen) atoms. The van der Waals surface area contributed by atoms with Crippen molar-refractivity contribution in [2.75, 3.05) is 6.61 Å². The second-order valence-electron chi connectivity index (χ2n) is 4.24. The molecule has 2 rings (SSSR count). The van der Waals surface area contributed by atoms with E-state index < -0.39 is 51.9 Å². The zero-order chi connectivity index (χ0) is 17.4. The third kappa shape index (κ3) is 3.01. The molecule has 0 unspecified atom stereocenters. The molecule has 2 aromatic heterocycles. The lowest BCUT2D eigenvalue weighted by Crippen LogP contribution is -2.21. The number of carbonyl (C=O) groups excluding carboxylic acids is 1. The molecule has 0 N–H and O–H groups in total. The molecule has 0 atom stereocenters. The Hall–Kier alpha value is -2.52. The van der Waals surface area contributed by atoms with Crippen LogP contribution in [0, 0.1) is 0 Å². The second-order valence-corrected chi connectivity index (χ2v) is 4.24. The number of esters is 1. The van der Waals surface area contributed by atoms with E-state index in [0.29, 0.717) is 6.26 Å². The highest BCUT2D eigenvalue weighted by molar-refractivity contribution is 6.05. The number of ether oxygens (including phenoxy) is 1. The second kappa shape index (κ2) is 5.94. The Morgan fingerprint density at radius 2 is 2.04 bits per heavy atom. The predicted octanol–water partition coefficient (Wildman–Crippen LogP) is 3.32. The summed E-state index contributed by atoms with van der Waals surface area (Å²) in [5.74, 6) is -1.43. The number of hydrogen-bond donors (Lipinski definition) is 0. The fraction of sp³-hybridized carbons (Fsp3) is 0.308. The molecule has 0 saturated heterocycles. The molecule has 0 radical (unpaired) electrons. The maximum Gasteiger partial charge on any atom is 0.434 e. The summed E-state index contributed by atoms with van der Waals surface area (Å²) in [5.41, 5.74) is -5.68. The van der Waals surface area contributed by atoms with Crippen LogP contribution in [-0.2, 0) is 10.9 Å². The number of nitrogens with zero attached hydrogens (tertiary/aromatic N) is 1. The summed E-state index contributed by atoms with van der Waals surface area (Å²) in [6.07, 6.45) is -7.97. The van der Waals surface area contributed by atoms with Gasteiger partial charge in [0, 0.05) is 5.39 Å². The lowest BCUT2D eigenvalue weighted by atomic mass is 10.0. The molecule has 5 nitrogen and oxygen atoms in total. The van der Waals surface area contributed by atoms with Crippen LogP contribution >= 0.6 is 0 Å². The molecule has 0 aliphatic heterocycles. The van der Waals surface area contributed by atoms with Crippen molar-refractivity contribution < 1.29 is 35.9 Å². The van der Waals surface area contributed by atoms with E-state index in [0.717, 1.165) is 6.07 Å². The van der Waals surface area contributed by atoms with E-state index in [-0.39, 0.29) is 6.61 Å². The maximum atomic E-state index is 13.1. The number of hydrogen-bond acceptors (Lipinski definition) is 5. The van der Waals surface area contributed by atoms with Gasteiger partial charge in [0.15, 0.2) is 5.69 Å². The van der Waals surface area contributed by atoms with Crippen LogP contribution in [0.3, 0.4) is 0 Å². The van der Waals surface area contributed by atoms with Gasteiger partial charge in [-0.25, -0.2) is 23.4 Å². The molecule has 124 valence electrons. The first-order valence-electron chi connectivity index (χ1n) is 6.16. The summed E-state index contributed by atoms with van der Waals surface area (Å²) < 4.78 is 74.2. The van der Waals surface area contributed by atoms with Crippen LogP contribution in [0.5, 0.6) is 0 Å². The normalized spacial score (nSPS) is 12.0. The minimum absolute atomic E-state index is 0.254. The Kier molecular flexibility index (Phi) is 4.35. The van der Waals surface area contributed by atoms with Crippen LogP contribution in [0.4, 0.5) is 22.0 Å². The van der Waals surface area contributed by atoms with Gasteiger partial charge in [-0.2, -0.15) is 13.2 Å². The first kappa shape index (κ1) is 16.8. The minimum Gasteiger partial charge on any atom is -0.462 e. The van der Waals surface area contributed by atoms with Crippen LogP contribution < -0.4 is 5.63 Å². The molecular weight excluding hydrogens is 329 g/mol. The summed E-state index contributed by atoms with van der Waals surface area (Å²) in [5, 5.41) is -1.55. The molecule has 2 aromatic rings. The maximum absolute atomic E-state index is 13.1. The summed E-state index contributed by atoms with van der Waals surface area (Å²) in [6, 6.07) is 0.811. The van der Waals surface area contributed by atoms with E-state index in [1.54, 1.807) is 0 Å². The fourth-order valence-electron chi connectivity index (χ4n) is 2.00. The van der Waals surface area contributed by atoms with Crippen LogP contribution in [-0.4, -0.2) is 17.6 Å². The summed E-state index contributed by atoms with van der Waals surface area (Å²) in [7, 11) is 0. The van der Waals surface area contributed by atoms with Crippen LogP contribution in [0.2, 0.25) is 0 Å². The van der Waals surface area contributed by atoms with Crippen molar-refractivity contribution in [2.45, 2.75) is 19.5 Å². The molecule has 0 saturated carbocycles. The average Bonchev–Trinajstić information content (AvgIpc) is 2.44. The van der Waals surface area contributed by atoms with E-state index in [1.165, 1.54) is 6.92 Å². The van der Waals surface area contributed by atoms with Crippen LogP contribution in [0.1, 0.15) is 35.1 Å². The van der Waals surface area contributed by atoms with Crippen LogP contribution in [0.15, 0.2) is 21.5 Å². The van der Waals surface area contributed by atoms with Crippen molar-refractivity contribution >= 4 is 16.7 Å². The topological polar surface area (TPSA) is 69.4 Å². The monoisotopic (exact) mass is 337 g/mol. The van der Waals surface area contributed by atoms with E-state index in [1.807, 2.05) is 0 Å². The van der Waals surface area contributed by atoms with Gasteiger partial charge in [0.1, 0.15) is 5.69 Å². The summed E-state index contributed by atoms with van der Waals surface area (Å²) in [4.78, 5) is 26.3. The van der Waals surface area contributed by atoms with Gasteiger partial charge in [-0.15, -0.1) is 0 Å². The highest BCUT2D eigenvalue weighted by Gasteiger charge is 2.41. The van der Waals surface area contributed by atoms with E-state index in [2.05, 4.69) is 14.1 Å². The van der Waals surface area contributed by atoms with Gasteiger partial charge in [0.2, 0.25) is 0 Å². The smallest absolute Gasteiger partial charge is 0.434 e. The van der Waals surface area contributed by atoms with Gasteiger partial charge >= 0.3 is 17.8 Å². The number of halogens is 5.